The first-order valence-corrected chi connectivity index (χ1v) is 13.6. The molecular formula is C23H34F4O7S. The third-order valence-electron chi connectivity index (χ3n) is 9.66. The predicted octanol–water partition coefficient (Wildman–Crippen LogP) is 3.92. The Bertz CT molecular complexity index is 973. The van der Waals surface area contributed by atoms with Gasteiger partial charge in [-0.15, -0.1) is 0 Å². The molecule has 5 unspecified atom stereocenters. The first-order chi connectivity index (χ1) is 15.8. The van der Waals surface area contributed by atoms with Gasteiger partial charge in [-0.3, -0.25) is 9.35 Å². The topological polar surface area (TPSA) is 121 Å². The molecule has 0 aromatic carbocycles. The van der Waals surface area contributed by atoms with Gasteiger partial charge < -0.3 is 14.9 Å². The van der Waals surface area contributed by atoms with E-state index in [1.807, 2.05) is 0 Å². The highest BCUT2D eigenvalue weighted by molar-refractivity contribution is 7.87. The van der Waals surface area contributed by atoms with Gasteiger partial charge in [-0.1, -0.05) is 12.8 Å². The summed E-state index contributed by atoms with van der Waals surface area (Å²) in [7, 11) is -6.38. The zero-order valence-corrected chi connectivity index (χ0v) is 20.7. The molecule has 0 amide bonds. The molecule has 0 saturated heterocycles. The van der Waals surface area contributed by atoms with E-state index < -0.39 is 68.2 Å². The van der Waals surface area contributed by atoms with Crippen molar-refractivity contribution in [3.8, 4) is 0 Å². The summed E-state index contributed by atoms with van der Waals surface area (Å²) in [5.41, 5.74) is -3.69. The average Bonchev–Trinajstić information content (AvgIpc) is 3.13. The highest BCUT2D eigenvalue weighted by Gasteiger charge is 2.73. The Labute approximate surface area is 202 Å². The molecule has 0 heterocycles. The molecule has 35 heavy (non-hydrogen) atoms. The van der Waals surface area contributed by atoms with E-state index in [4.69, 9.17) is 9.29 Å². The molecule has 5 aliphatic rings. The lowest BCUT2D eigenvalue weighted by Crippen LogP contribution is -2.70. The van der Waals surface area contributed by atoms with E-state index in [1.54, 1.807) is 13.8 Å². The van der Waals surface area contributed by atoms with Gasteiger partial charge in [-0.05, 0) is 76.0 Å². The number of aliphatic hydroxyl groups is 2. The second-order valence-corrected chi connectivity index (χ2v) is 13.4. The van der Waals surface area contributed by atoms with Crippen LogP contribution in [0.15, 0.2) is 0 Å². The summed E-state index contributed by atoms with van der Waals surface area (Å²) in [6.07, 6.45) is 3.52. The number of rotatable bonds is 8. The fraction of sp³-hybridized carbons (Fsp3) is 0.957. The molecule has 3 N–H and O–H groups in total. The van der Waals surface area contributed by atoms with E-state index in [1.165, 1.54) is 0 Å². The second kappa shape index (κ2) is 8.01. The van der Waals surface area contributed by atoms with E-state index >= 15 is 0 Å². The summed E-state index contributed by atoms with van der Waals surface area (Å²) in [6.45, 7) is 2.30. The maximum atomic E-state index is 13.9. The average molecular weight is 531 g/mol. The monoisotopic (exact) mass is 530 g/mol. The molecule has 0 aliphatic heterocycles. The fourth-order valence-corrected chi connectivity index (χ4v) is 8.58. The van der Waals surface area contributed by atoms with Crippen LogP contribution >= 0.6 is 0 Å². The smallest absolute Gasteiger partial charge is 0.431 e. The number of hydrogen-bond donors (Lipinski definition) is 3. The third kappa shape index (κ3) is 3.92. The van der Waals surface area contributed by atoms with Crippen molar-refractivity contribution in [3.05, 3.63) is 0 Å². The van der Waals surface area contributed by atoms with Crippen LogP contribution in [0.4, 0.5) is 17.6 Å². The van der Waals surface area contributed by atoms with Gasteiger partial charge >= 0.3 is 27.3 Å². The van der Waals surface area contributed by atoms with Crippen molar-refractivity contribution >= 4 is 16.1 Å². The van der Waals surface area contributed by atoms with Crippen molar-refractivity contribution in [2.75, 3.05) is 6.61 Å². The largest absolute Gasteiger partial charge is 0.465 e. The van der Waals surface area contributed by atoms with Crippen LogP contribution in [0.5, 0.6) is 0 Å². The summed E-state index contributed by atoms with van der Waals surface area (Å²) < 4.78 is 89.8. The SMILES string of the molecule is CC(C)(O)C12CC3CC(C1)C(C(=O)OCCC(F)(F)C(F)(F)S(=O)(=O)O)C(C1(O)CCCC1)(C3)C2. The molecular weight excluding hydrogens is 496 g/mol. The van der Waals surface area contributed by atoms with Crippen molar-refractivity contribution in [2.24, 2.45) is 28.6 Å². The van der Waals surface area contributed by atoms with Crippen molar-refractivity contribution in [3.63, 3.8) is 0 Å². The Morgan fingerprint density at radius 2 is 1.69 bits per heavy atom. The van der Waals surface area contributed by atoms with Crippen LogP contribution in [0.25, 0.3) is 0 Å². The van der Waals surface area contributed by atoms with Gasteiger partial charge in [-0.25, -0.2) is 0 Å². The summed E-state index contributed by atoms with van der Waals surface area (Å²) in [5, 5.41) is 17.2. The Balaban J connectivity index is 1.59. The lowest BCUT2D eigenvalue weighted by molar-refractivity contribution is -0.272. The molecule has 0 aromatic heterocycles. The van der Waals surface area contributed by atoms with E-state index in [0.29, 0.717) is 38.5 Å². The maximum Gasteiger partial charge on any atom is 0.431 e. The standard InChI is InChI=1S/C23H34F4O7S/c1-18(2,29)19-10-14-9-15(12-19)16(20(11-14,13-19)21(30)5-3-4-6-21)17(28)34-8-7-22(24,25)23(26,27)35(31,32)33/h14-16,29-30H,3-13H2,1-2H3,(H,31,32,33). The lowest BCUT2D eigenvalue weighted by atomic mass is 9.35. The molecule has 0 aromatic rings. The van der Waals surface area contributed by atoms with E-state index in [-0.39, 0.29) is 11.8 Å². The zero-order chi connectivity index (χ0) is 26.3. The lowest BCUT2D eigenvalue weighted by Gasteiger charge is -2.70. The molecule has 7 nitrogen and oxygen atoms in total. The Hall–Kier alpha value is -0.980. The molecule has 0 spiro atoms. The van der Waals surface area contributed by atoms with Crippen molar-refractivity contribution in [2.45, 2.75) is 100 Å². The summed E-state index contributed by atoms with van der Waals surface area (Å²) in [4.78, 5) is 13.3. The summed E-state index contributed by atoms with van der Waals surface area (Å²) in [6, 6.07) is 0. The fourth-order valence-electron chi connectivity index (χ4n) is 8.11. The van der Waals surface area contributed by atoms with Gasteiger partial charge in [0.2, 0.25) is 0 Å². The van der Waals surface area contributed by atoms with Crippen molar-refractivity contribution in [1.29, 1.82) is 0 Å². The summed E-state index contributed by atoms with van der Waals surface area (Å²) in [5.74, 6) is -6.95. The molecule has 5 atom stereocenters. The van der Waals surface area contributed by atoms with Gasteiger partial charge in [0.05, 0.1) is 30.1 Å². The molecule has 5 saturated carbocycles. The van der Waals surface area contributed by atoms with Crippen LogP contribution < -0.4 is 0 Å². The van der Waals surface area contributed by atoms with Crippen LogP contribution in [0.1, 0.15) is 78.1 Å². The van der Waals surface area contributed by atoms with Gasteiger partial charge in [0.1, 0.15) is 0 Å². The van der Waals surface area contributed by atoms with Crippen molar-refractivity contribution in [1.82, 2.24) is 0 Å². The molecule has 0 radical (unpaired) electrons. The normalized spacial score (nSPS) is 37.0. The summed E-state index contributed by atoms with van der Waals surface area (Å²) >= 11 is 0. The maximum absolute atomic E-state index is 13.9. The first kappa shape index (κ1) is 27.1. The quantitative estimate of drug-likeness (QED) is 0.247. The Kier molecular flexibility index (Phi) is 6.19. The Morgan fingerprint density at radius 3 is 2.23 bits per heavy atom. The van der Waals surface area contributed by atoms with Gasteiger partial charge in [0.25, 0.3) is 0 Å². The van der Waals surface area contributed by atoms with Crippen LogP contribution in [0.2, 0.25) is 0 Å². The minimum atomic E-state index is -6.38. The van der Waals surface area contributed by atoms with Crippen LogP contribution in [0.3, 0.4) is 0 Å². The molecule has 202 valence electrons. The second-order valence-electron chi connectivity index (χ2n) is 12.0. The highest BCUT2D eigenvalue weighted by Crippen LogP contribution is 2.74. The minimum Gasteiger partial charge on any atom is -0.465 e. The van der Waals surface area contributed by atoms with Gasteiger partial charge in [0.15, 0.2) is 0 Å². The van der Waals surface area contributed by atoms with Crippen LogP contribution in [-0.4, -0.2) is 58.1 Å². The predicted molar refractivity (Wildman–Crippen MR) is 115 cm³/mol. The molecule has 12 heteroatoms. The third-order valence-corrected chi connectivity index (χ3v) is 10.6. The van der Waals surface area contributed by atoms with Gasteiger partial charge in [0, 0.05) is 5.41 Å². The highest BCUT2D eigenvalue weighted by atomic mass is 32.2. The van der Waals surface area contributed by atoms with Crippen molar-refractivity contribution < 1.29 is 50.3 Å². The number of alkyl halides is 4. The number of esters is 1. The number of hydrogen-bond acceptors (Lipinski definition) is 6. The molecule has 5 fully saturated rings. The first-order valence-electron chi connectivity index (χ1n) is 12.2. The van der Waals surface area contributed by atoms with Crippen LogP contribution in [0, 0.1) is 28.6 Å². The molecule has 5 aliphatic carbocycles. The van der Waals surface area contributed by atoms with Crippen LogP contribution in [-0.2, 0) is 19.6 Å². The number of carbonyl (C=O) groups is 1. The molecule has 4 bridgehead atoms. The van der Waals surface area contributed by atoms with Gasteiger partial charge in [-0.2, -0.15) is 26.0 Å². The molecule has 5 rings (SSSR count). The number of halogens is 4. The number of ether oxygens (including phenoxy) is 1. The Morgan fingerprint density at radius 1 is 1.09 bits per heavy atom. The minimum absolute atomic E-state index is 0.181. The number of carbonyl (C=O) groups excluding carboxylic acids is 1. The van der Waals surface area contributed by atoms with E-state index in [9.17, 15) is 41.0 Å². The van der Waals surface area contributed by atoms with E-state index in [0.717, 1.165) is 19.3 Å². The zero-order valence-electron chi connectivity index (χ0n) is 19.9. The van der Waals surface area contributed by atoms with E-state index in [2.05, 4.69) is 0 Å².